The maximum Gasteiger partial charge on any atom is 0.410 e. The van der Waals surface area contributed by atoms with E-state index in [-0.39, 0.29) is 35.9 Å². The predicted octanol–water partition coefficient (Wildman–Crippen LogP) is 3.20. The van der Waals surface area contributed by atoms with E-state index < -0.39 is 5.60 Å². The molecule has 10 heteroatoms. The summed E-state index contributed by atoms with van der Waals surface area (Å²) in [5, 5.41) is 6.38. The first-order valence-corrected chi connectivity index (χ1v) is 10.7. The van der Waals surface area contributed by atoms with E-state index in [0.717, 1.165) is 18.5 Å². The highest BCUT2D eigenvalue weighted by Crippen LogP contribution is 2.22. The summed E-state index contributed by atoms with van der Waals surface area (Å²) in [7, 11) is 3.37. The predicted molar refractivity (Wildman–Crippen MR) is 137 cm³/mol. The first kappa shape index (κ1) is 28.2. The van der Waals surface area contributed by atoms with Crippen molar-refractivity contribution in [3.63, 3.8) is 0 Å². The molecule has 0 spiro atoms. The molecule has 1 amide bonds. The first-order valence-electron chi connectivity index (χ1n) is 10.7. The number of aliphatic imine (C=N–C) groups is 1. The number of hydrogen-bond acceptors (Lipinski definition) is 5. The summed E-state index contributed by atoms with van der Waals surface area (Å²) in [6.45, 7) is 9.56. The number of anilines is 1. The average Bonchev–Trinajstić information content (AvgIpc) is 2.72. The third kappa shape index (κ3) is 9.35. The molecule has 32 heavy (non-hydrogen) atoms. The van der Waals surface area contributed by atoms with Gasteiger partial charge in [0.05, 0.1) is 5.69 Å². The summed E-state index contributed by atoms with van der Waals surface area (Å²) in [4.78, 5) is 20.0. The summed E-state index contributed by atoms with van der Waals surface area (Å²) in [5.41, 5.74) is 0.856. The van der Waals surface area contributed by atoms with E-state index in [0.29, 0.717) is 51.0 Å². The summed E-state index contributed by atoms with van der Waals surface area (Å²) < 4.78 is 25.2. The van der Waals surface area contributed by atoms with E-state index in [2.05, 4.69) is 15.6 Å². The van der Waals surface area contributed by atoms with Crippen LogP contribution in [0.1, 0.15) is 32.8 Å². The largest absolute Gasteiger partial charge is 0.444 e. The van der Waals surface area contributed by atoms with Crippen LogP contribution in [0.25, 0.3) is 0 Å². The Morgan fingerprint density at radius 1 is 1.19 bits per heavy atom. The Balaban J connectivity index is 0.00000512. The van der Waals surface area contributed by atoms with Crippen molar-refractivity contribution in [2.45, 2.75) is 39.3 Å². The Morgan fingerprint density at radius 2 is 1.88 bits per heavy atom. The summed E-state index contributed by atoms with van der Waals surface area (Å²) in [6, 6.07) is 5.24. The van der Waals surface area contributed by atoms with Gasteiger partial charge >= 0.3 is 6.09 Å². The number of piperazine rings is 1. The SMILES string of the molecule is CN=C(NCCCOC)NCc1ccc(N2CCN(C(=O)OC(C)(C)C)CC2)c(F)c1.I. The summed E-state index contributed by atoms with van der Waals surface area (Å²) >= 11 is 0. The quantitative estimate of drug-likeness (QED) is 0.229. The van der Waals surface area contributed by atoms with Crippen LogP contribution in [0.3, 0.4) is 0 Å². The molecule has 0 atom stereocenters. The van der Waals surface area contributed by atoms with Gasteiger partial charge in [-0.05, 0) is 44.9 Å². The monoisotopic (exact) mass is 565 g/mol. The van der Waals surface area contributed by atoms with Crippen molar-refractivity contribution in [2.75, 3.05) is 58.4 Å². The van der Waals surface area contributed by atoms with Gasteiger partial charge in [-0.2, -0.15) is 0 Å². The van der Waals surface area contributed by atoms with Gasteiger partial charge in [-0.3, -0.25) is 4.99 Å². The maximum atomic E-state index is 14.8. The second-order valence-electron chi connectivity index (χ2n) is 8.44. The molecule has 0 unspecified atom stereocenters. The van der Waals surface area contributed by atoms with Crippen LogP contribution in [0.2, 0.25) is 0 Å². The Hall–Kier alpha value is -1.82. The maximum absolute atomic E-state index is 14.8. The van der Waals surface area contributed by atoms with Gasteiger partial charge in [-0.25, -0.2) is 9.18 Å². The molecule has 1 saturated heterocycles. The van der Waals surface area contributed by atoms with Crippen molar-refractivity contribution < 1.29 is 18.7 Å². The molecule has 1 aliphatic rings. The second-order valence-corrected chi connectivity index (χ2v) is 8.44. The molecule has 182 valence electrons. The average molecular weight is 565 g/mol. The number of halogens is 2. The van der Waals surface area contributed by atoms with Crippen molar-refractivity contribution in [1.82, 2.24) is 15.5 Å². The van der Waals surface area contributed by atoms with E-state index in [9.17, 15) is 9.18 Å². The molecular weight excluding hydrogens is 528 g/mol. The smallest absolute Gasteiger partial charge is 0.410 e. The van der Waals surface area contributed by atoms with Crippen LogP contribution in [0, 0.1) is 5.82 Å². The van der Waals surface area contributed by atoms with Gasteiger partial charge in [0.2, 0.25) is 0 Å². The van der Waals surface area contributed by atoms with Gasteiger partial charge in [-0.15, -0.1) is 24.0 Å². The Labute approximate surface area is 207 Å². The summed E-state index contributed by atoms with van der Waals surface area (Å²) in [5.74, 6) is 0.395. The number of ether oxygens (including phenoxy) is 2. The molecule has 0 aromatic heterocycles. The molecule has 1 aliphatic heterocycles. The van der Waals surface area contributed by atoms with Crippen LogP contribution >= 0.6 is 24.0 Å². The van der Waals surface area contributed by atoms with Crippen molar-refractivity contribution in [1.29, 1.82) is 0 Å². The van der Waals surface area contributed by atoms with E-state index in [1.807, 2.05) is 31.7 Å². The minimum atomic E-state index is -0.522. The zero-order valence-electron chi connectivity index (χ0n) is 19.7. The number of nitrogens with one attached hydrogen (secondary N) is 2. The lowest BCUT2D eigenvalue weighted by Gasteiger charge is -2.36. The summed E-state index contributed by atoms with van der Waals surface area (Å²) in [6.07, 6.45) is 0.556. The molecule has 2 rings (SSSR count). The Morgan fingerprint density at radius 3 is 2.44 bits per heavy atom. The fourth-order valence-corrected chi connectivity index (χ4v) is 3.20. The minimum absolute atomic E-state index is 0. The van der Waals surface area contributed by atoms with Crippen molar-refractivity contribution >= 4 is 41.7 Å². The number of carbonyl (C=O) groups is 1. The molecule has 8 nitrogen and oxygen atoms in total. The molecule has 0 radical (unpaired) electrons. The first-order chi connectivity index (χ1) is 14.7. The lowest BCUT2D eigenvalue weighted by molar-refractivity contribution is 0.0240. The normalized spacial score (nSPS) is 14.6. The van der Waals surface area contributed by atoms with E-state index in [1.165, 1.54) is 0 Å². The minimum Gasteiger partial charge on any atom is -0.444 e. The number of benzene rings is 1. The molecule has 1 aromatic carbocycles. The zero-order valence-corrected chi connectivity index (χ0v) is 22.1. The van der Waals surface area contributed by atoms with Gasteiger partial charge in [0.1, 0.15) is 11.4 Å². The van der Waals surface area contributed by atoms with Crippen molar-refractivity contribution in [3.05, 3.63) is 29.6 Å². The lowest BCUT2D eigenvalue weighted by Crippen LogP contribution is -2.50. The zero-order chi connectivity index (χ0) is 22.9. The number of carbonyl (C=O) groups excluding carboxylic acids is 1. The van der Waals surface area contributed by atoms with Crippen LogP contribution in [0.4, 0.5) is 14.9 Å². The highest BCUT2D eigenvalue weighted by Gasteiger charge is 2.26. The Kier molecular flexibility index (Phi) is 12.0. The van der Waals surface area contributed by atoms with Gasteiger partial charge < -0.3 is 29.9 Å². The Bertz CT molecular complexity index is 750. The third-order valence-corrected chi connectivity index (χ3v) is 4.79. The number of amides is 1. The second kappa shape index (κ2) is 13.7. The standard InChI is InChI=1S/C22H36FN5O3.HI/c1-22(2,3)31-21(29)28-12-10-27(11-13-28)19-8-7-17(15-18(19)23)16-26-20(24-4)25-9-6-14-30-5;/h7-8,15H,6,9-14,16H2,1-5H3,(H2,24,25,26);1H. The van der Waals surface area contributed by atoms with E-state index in [1.54, 1.807) is 31.2 Å². The molecule has 0 aliphatic carbocycles. The van der Waals surface area contributed by atoms with Crippen molar-refractivity contribution in [2.24, 2.45) is 4.99 Å². The molecule has 1 fully saturated rings. The molecule has 1 heterocycles. The van der Waals surface area contributed by atoms with Crippen LogP contribution in [0.5, 0.6) is 0 Å². The van der Waals surface area contributed by atoms with Crippen LogP contribution in [-0.2, 0) is 16.0 Å². The van der Waals surface area contributed by atoms with Crippen molar-refractivity contribution in [3.8, 4) is 0 Å². The van der Waals surface area contributed by atoms with Crippen LogP contribution < -0.4 is 15.5 Å². The lowest BCUT2D eigenvalue weighted by atomic mass is 10.1. The topological polar surface area (TPSA) is 78.4 Å². The van der Waals surface area contributed by atoms with Gasteiger partial charge in [0.15, 0.2) is 5.96 Å². The number of hydrogen-bond donors (Lipinski definition) is 2. The van der Waals surface area contributed by atoms with E-state index >= 15 is 0 Å². The molecular formula is C22H37FIN5O3. The molecule has 0 bridgehead atoms. The highest BCUT2D eigenvalue weighted by molar-refractivity contribution is 14.0. The molecule has 0 saturated carbocycles. The van der Waals surface area contributed by atoms with Gasteiger partial charge in [0.25, 0.3) is 0 Å². The third-order valence-electron chi connectivity index (χ3n) is 4.79. The molecule has 1 aromatic rings. The fourth-order valence-electron chi connectivity index (χ4n) is 3.20. The fraction of sp³-hybridized carbons (Fsp3) is 0.636. The van der Waals surface area contributed by atoms with Gasteiger partial charge in [0, 0.05) is 60.0 Å². The van der Waals surface area contributed by atoms with Crippen LogP contribution in [0.15, 0.2) is 23.2 Å². The highest BCUT2D eigenvalue weighted by atomic mass is 127. The number of nitrogens with zero attached hydrogens (tertiary/aromatic N) is 3. The number of guanidine groups is 1. The van der Waals surface area contributed by atoms with Crippen LogP contribution in [-0.4, -0.2) is 76.0 Å². The van der Waals surface area contributed by atoms with Gasteiger partial charge in [-0.1, -0.05) is 6.07 Å². The van der Waals surface area contributed by atoms with E-state index in [4.69, 9.17) is 9.47 Å². The molecule has 2 N–H and O–H groups in total. The number of rotatable bonds is 7. The number of methoxy groups -OCH3 is 1.